The highest BCUT2D eigenvalue weighted by molar-refractivity contribution is 9.10. The van der Waals surface area contributed by atoms with Crippen LogP contribution in [0.1, 0.15) is 29.7 Å². The zero-order valence-electron chi connectivity index (χ0n) is 20.0. The number of nitrogens with zero attached hydrogens (tertiary/aromatic N) is 3. The molecule has 1 unspecified atom stereocenters. The number of para-hydroxylation sites is 1. The molecular formula is C28H31BrN4O2. The van der Waals surface area contributed by atoms with Gasteiger partial charge in [0.1, 0.15) is 11.6 Å². The van der Waals surface area contributed by atoms with E-state index in [0.717, 1.165) is 47.5 Å². The Morgan fingerprint density at radius 2 is 1.97 bits per heavy atom. The number of allylic oxidation sites excluding steroid dienone is 2. The summed E-state index contributed by atoms with van der Waals surface area (Å²) in [6, 6.07) is 17.1. The van der Waals surface area contributed by atoms with Gasteiger partial charge in [0, 0.05) is 25.2 Å². The number of hydrogen-bond acceptors (Lipinski definition) is 4. The fourth-order valence-electron chi connectivity index (χ4n) is 4.40. The van der Waals surface area contributed by atoms with Crippen LogP contribution in [-0.2, 0) is 11.2 Å². The second-order valence-electron chi connectivity index (χ2n) is 8.95. The number of phenols is 1. The number of piperidine rings is 1. The SMILES string of the molecule is C=C(/C=C(/NCC1CCCN(C(=O)Cc2ccccc2)C1)n1ncc(Br)c1C)c1ccccc1O. The summed E-state index contributed by atoms with van der Waals surface area (Å²) in [6.45, 7) is 8.40. The van der Waals surface area contributed by atoms with Gasteiger partial charge in [-0.3, -0.25) is 4.79 Å². The van der Waals surface area contributed by atoms with E-state index in [-0.39, 0.29) is 11.7 Å². The van der Waals surface area contributed by atoms with Gasteiger partial charge >= 0.3 is 0 Å². The van der Waals surface area contributed by atoms with Crippen molar-refractivity contribution in [1.29, 1.82) is 0 Å². The van der Waals surface area contributed by atoms with Crippen molar-refractivity contribution in [1.82, 2.24) is 20.0 Å². The lowest BCUT2D eigenvalue weighted by Gasteiger charge is -2.33. The van der Waals surface area contributed by atoms with Crippen molar-refractivity contribution in [2.24, 2.45) is 5.92 Å². The van der Waals surface area contributed by atoms with E-state index in [0.29, 0.717) is 30.0 Å². The minimum absolute atomic E-state index is 0.177. The molecule has 1 saturated heterocycles. The Morgan fingerprint density at radius 1 is 1.23 bits per heavy atom. The van der Waals surface area contributed by atoms with Crippen LogP contribution in [0.15, 0.2) is 77.9 Å². The van der Waals surface area contributed by atoms with Gasteiger partial charge < -0.3 is 15.3 Å². The summed E-state index contributed by atoms with van der Waals surface area (Å²) in [4.78, 5) is 14.9. The number of carbonyl (C=O) groups excluding carboxylic acids is 1. The molecule has 182 valence electrons. The first-order chi connectivity index (χ1) is 16.9. The summed E-state index contributed by atoms with van der Waals surface area (Å²) in [5.74, 6) is 1.46. The van der Waals surface area contributed by atoms with Crippen LogP contribution in [0, 0.1) is 12.8 Å². The van der Waals surface area contributed by atoms with Crippen molar-refractivity contribution in [2.75, 3.05) is 19.6 Å². The highest BCUT2D eigenvalue weighted by Crippen LogP contribution is 2.27. The van der Waals surface area contributed by atoms with Crippen LogP contribution < -0.4 is 5.32 Å². The van der Waals surface area contributed by atoms with Crippen LogP contribution in [0.4, 0.5) is 0 Å². The van der Waals surface area contributed by atoms with Crippen molar-refractivity contribution < 1.29 is 9.90 Å². The van der Waals surface area contributed by atoms with Gasteiger partial charge in [0.15, 0.2) is 0 Å². The van der Waals surface area contributed by atoms with Crippen LogP contribution in [-0.4, -0.2) is 45.3 Å². The maximum absolute atomic E-state index is 12.9. The molecule has 1 aromatic heterocycles. The van der Waals surface area contributed by atoms with E-state index < -0.39 is 0 Å². The smallest absolute Gasteiger partial charge is 0.226 e. The zero-order valence-corrected chi connectivity index (χ0v) is 21.5. The van der Waals surface area contributed by atoms with Gasteiger partial charge in [0.2, 0.25) is 5.91 Å². The molecule has 1 fully saturated rings. The molecular weight excluding hydrogens is 504 g/mol. The number of nitrogens with one attached hydrogen (secondary N) is 1. The third-order valence-electron chi connectivity index (χ3n) is 6.38. The molecule has 4 rings (SSSR count). The monoisotopic (exact) mass is 534 g/mol. The lowest BCUT2D eigenvalue weighted by Crippen LogP contribution is -2.43. The van der Waals surface area contributed by atoms with Crippen LogP contribution in [0.3, 0.4) is 0 Å². The Labute approximate surface area is 215 Å². The lowest BCUT2D eigenvalue weighted by molar-refractivity contribution is -0.132. The van der Waals surface area contributed by atoms with E-state index in [2.05, 4.69) is 32.9 Å². The number of aromatic nitrogens is 2. The van der Waals surface area contributed by atoms with E-state index in [9.17, 15) is 9.90 Å². The first kappa shape index (κ1) is 24.8. The molecule has 0 saturated carbocycles. The number of rotatable bonds is 8. The van der Waals surface area contributed by atoms with E-state index in [1.165, 1.54) is 0 Å². The largest absolute Gasteiger partial charge is 0.507 e. The van der Waals surface area contributed by atoms with E-state index in [1.54, 1.807) is 18.3 Å². The highest BCUT2D eigenvalue weighted by atomic mass is 79.9. The highest BCUT2D eigenvalue weighted by Gasteiger charge is 2.24. The van der Waals surface area contributed by atoms with E-state index in [1.807, 2.05) is 65.0 Å². The Hall–Kier alpha value is -3.32. The maximum atomic E-state index is 12.9. The van der Waals surface area contributed by atoms with Gasteiger partial charge in [-0.25, -0.2) is 4.68 Å². The van der Waals surface area contributed by atoms with Gasteiger partial charge in [-0.05, 0) is 64.9 Å². The molecule has 0 aliphatic carbocycles. The number of amides is 1. The first-order valence-electron chi connectivity index (χ1n) is 11.9. The predicted octanol–water partition coefficient (Wildman–Crippen LogP) is 5.24. The normalized spacial score (nSPS) is 16.2. The van der Waals surface area contributed by atoms with Crippen molar-refractivity contribution in [3.05, 3.63) is 94.7 Å². The maximum Gasteiger partial charge on any atom is 0.226 e. The van der Waals surface area contributed by atoms with Gasteiger partial charge in [0.05, 0.1) is 22.8 Å². The molecule has 1 amide bonds. The third kappa shape index (κ3) is 6.22. The molecule has 1 atom stereocenters. The average molecular weight is 535 g/mol. The van der Waals surface area contributed by atoms with Crippen LogP contribution in [0.5, 0.6) is 5.75 Å². The van der Waals surface area contributed by atoms with Crippen LogP contribution >= 0.6 is 15.9 Å². The Morgan fingerprint density at radius 3 is 2.69 bits per heavy atom. The van der Waals surface area contributed by atoms with Crippen molar-refractivity contribution in [3.8, 4) is 5.75 Å². The number of hydrogen-bond donors (Lipinski definition) is 2. The quantitative estimate of drug-likeness (QED) is 0.387. The van der Waals surface area contributed by atoms with Crippen molar-refractivity contribution in [2.45, 2.75) is 26.2 Å². The number of aromatic hydroxyl groups is 1. The Bertz CT molecular complexity index is 1220. The molecule has 1 aliphatic rings. The molecule has 6 nitrogen and oxygen atoms in total. The number of phenolic OH excluding ortho intramolecular Hbond substituents is 1. The molecule has 35 heavy (non-hydrogen) atoms. The molecule has 3 aromatic rings. The second kappa shape index (κ2) is 11.4. The number of halogens is 1. The summed E-state index contributed by atoms with van der Waals surface area (Å²) in [7, 11) is 0. The number of carbonyl (C=O) groups is 1. The molecule has 0 spiro atoms. The molecule has 2 heterocycles. The summed E-state index contributed by atoms with van der Waals surface area (Å²) in [5, 5.41) is 18.3. The summed E-state index contributed by atoms with van der Waals surface area (Å²) in [5.41, 5.74) is 3.36. The topological polar surface area (TPSA) is 70.4 Å². The molecule has 1 aliphatic heterocycles. The van der Waals surface area contributed by atoms with E-state index >= 15 is 0 Å². The van der Waals surface area contributed by atoms with Gasteiger partial charge in [-0.2, -0.15) is 5.10 Å². The zero-order chi connectivity index (χ0) is 24.8. The second-order valence-corrected chi connectivity index (χ2v) is 9.81. The molecule has 0 radical (unpaired) electrons. The number of benzene rings is 2. The Kier molecular flexibility index (Phi) is 8.08. The predicted molar refractivity (Wildman–Crippen MR) is 144 cm³/mol. The minimum atomic E-state index is 0.177. The molecule has 2 N–H and O–H groups in total. The molecule has 7 heteroatoms. The minimum Gasteiger partial charge on any atom is -0.507 e. The van der Waals surface area contributed by atoms with Crippen molar-refractivity contribution in [3.63, 3.8) is 0 Å². The number of likely N-dealkylation sites (tertiary alicyclic amines) is 1. The van der Waals surface area contributed by atoms with E-state index in [4.69, 9.17) is 0 Å². The summed E-state index contributed by atoms with van der Waals surface area (Å²) in [6.07, 6.45) is 6.15. The fourth-order valence-corrected chi connectivity index (χ4v) is 4.66. The first-order valence-corrected chi connectivity index (χ1v) is 12.7. The Balaban J connectivity index is 1.46. The standard InChI is InChI=1S/C28H31BrN4O2/c1-20(24-12-6-7-13-26(24)34)15-27(33-21(2)25(29)18-31-33)30-17-23-11-8-14-32(19-23)28(35)16-22-9-4-3-5-10-22/h3-7,9-10,12-13,15,18,23,30,34H,1,8,11,14,16-17,19H2,2H3/b27-15-. The van der Waals surface area contributed by atoms with Gasteiger partial charge in [-0.1, -0.05) is 55.1 Å². The van der Waals surface area contributed by atoms with Gasteiger partial charge in [-0.15, -0.1) is 0 Å². The van der Waals surface area contributed by atoms with Gasteiger partial charge in [0.25, 0.3) is 0 Å². The van der Waals surface area contributed by atoms with Crippen LogP contribution in [0.2, 0.25) is 0 Å². The third-order valence-corrected chi connectivity index (χ3v) is 7.16. The molecule has 2 aromatic carbocycles. The summed E-state index contributed by atoms with van der Waals surface area (Å²) >= 11 is 3.54. The summed E-state index contributed by atoms with van der Waals surface area (Å²) < 4.78 is 2.74. The average Bonchev–Trinajstić information content (AvgIpc) is 3.20. The van der Waals surface area contributed by atoms with Crippen molar-refractivity contribution >= 4 is 33.2 Å². The van der Waals surface area contributed by atoms with Crippen LogP contribution in [0.25, 0.3) is 11.4 Å². The lowest BCUT2D eigenvalue weighted by atomic mass is 9.97. The fraction of sp³-hybridized carbons (Fsp3) is 0.286. The molecule has 0 bridgehead atoms.